The second-order valence-electron chi connectivity index (χ2n) is 2.84. The Hall–Kier alpha value is -1.19. The molecular weight excluding hydrogens is 193 g/mol. The van der Waals surface area contributed by atoms with Gasteiger partial charge in [0.05, 0.1) is 0 Å². The Bertz CT molecular complexity index is 318. The van der Waals surface area contributed by atoms with Crippen molar-refractivity contribution in [2.24, 2.45) is 0 Å². The van der Waals surface area contributed by atoms with Gasteiger partial charge in [0.25, 0.3) is 0 Å². The van der Waals surface area contributed by atoms with E-state index in [-0.39, 0.29) is 5.75 Å². The van der Waals surface area contributed by atoms with Gasteiger partial charge in [0, 0.05) is 0 Å². The Kier molecular flexibility index (Phi) is 3.03. The van der Waals surface area contributed by atoms with E-state index in [1.54, 1.807) is 13.0 Å². The van der Waals surface area contributed by atoms with Gasteiger partial charge in [-0.3, -0.25) is 0 Å². The molecule has 0 unspecified atom stereocenters. The molecule has 0 heterocycles. The summed E-state index contributed by atoms with van der Waals surface area (Å²) in [6.45, 7) is 5.39. The van der Waals surface area contributed by atoms with Crippen molar-refractivity contribution in [3.05, 3.63) is 36.2 Å². The van der Waals surface area contributed by atoms with Crippen LogP contribution in [0.4, 0.5) is 13.2 Å². The summed E-state index contributed by atoms with van der Waals surface area (Å²) in [6, 6.07) is 4.36. The van der Waals surface area contributed by atoms with E-state index in [2.05, 4.69) is 11.7 Å². The van der Waals surface area contributed by atoms with Crippen LogP contribution in [0.5, 0.6) is 5.75 Å². The molecule has 1 aromatic carbocycles. The van der Waals surface area contributed by atoms with Crippen LogP contribution in [-0.2, 0) is 6.42 Å². The van der Waals surface area contributed by atoms with Gasteiger partial charge in [-0.2, -0.15) is 0 Å². The fourth-order valence-corrected chi connectivity index (χ4v) is 1.13. The van der Waals surface area contributed by atoms with Gasteiger partial charge in [0.15, 0.2) is 0 Å². The van der Waals surface area contributed by atoms with Crippen LogP contribution in [-0.4, -0.2) is 6.36 Å². The smallest absolute Gasteiger partial charge is 0.406 e. The van der Waals surface area contributed by atoms with Crippen LogP contribution in [0.25, 0.3) is 0 Å². The largest absolute Gasteiger partial charge is 0.573 e. The summed E-state index contributed by atoms with van der Waals surface area (Å²) in [5.74, 6) is -0.146. The van der Waals surface area contributed by atoms with Crippen molar-refractivity contribution in [3.63, 3.8) is 0 Å². The summed E-state index contributed by atoms with van der Waals surface area (Å²) in [5, 5.41) is 0. The molecule has 0 saturated heterocycles. The van der Waals surface area contributed by atoms with E-state index in [1.807, 2.05) is 0 Å². The van der Waals surface area contributed by atoms with E-state index >= 15 is 0 Å². The highest BCUT2D eigenvalue weighted by atomic mass is 19.4. The first-order valence-corrected chi connectivity index (χ1v) is 4.13. The van der Waals surface area contributed by atoms with Crippen molar-refractivity contribution in [3.8, 4) is 5.75 Å². The van der Waals surface area contributed by atoms with Crippen molar-refractivity contribution < 1.29 is 17.9 Å². The molecule has 0 bridgehead atoms. The molecule has 1 rings (SSSR count). The Balaban J connectivity index is 2.97. The lowest BCUT2D eigenvalue weighted by Gasteiger charge is -2.12. The number of alkyl halides is 3. The van der Waals surface area contributed by atoms with Crippen molar-refractivity contribution in [1.29, 1.82) is 0 Å². The number of hydrogen-bond acceptors (Lipinski definition) is 1. The fourth-order valence-electron chi connectivity index (χ4n) is 1.13. The Morgan fingerprint density at radius 3 is 2.50 bits per heavy atom. The minimum Gasteiger partial charge on any atom is -0.406 e. The van der Waals surface area contributed by atoms with Gasteiger partial charge in [-0.1, -0.05) is 19.1 Å². The fraction of sp³-hybridized carbons (Fsp3) is 0.300. The van der Waals surface area contributed by atoms with Gasteiger partial charge >= 0.3 is 6.36 Å². The van der Waals surface area contributed by atoms with Gasteiger partial charge in [0.1, 0.15) is 5.75 Å². The lowest BCUT2D eigenvalue weighted by atomic mass is 10.1. The number of benzene rings is 1. The predicted octanol–water partition coefficient (Wildman–Crippen LogP) is 3.33. The van der Waals surface area contributed by atoms with Crippen molar-refractivity contribution >= 4 is 0 Å². The first-order chi connectivity index (χ1) is 6.42. The Labute approximate surface area is 80.5 Å². The third kappa shape index (κ3) is 2.94. The number of halogens is 3. The van der Waals surface area contributed by atoms with Crippen LogP contribution < -0.4 is 4.74 Å². The lowest BCUT2D eigenvalue weighted by Crippen LogP contribution is -2.18. The third-order valence-electron chi connectivity index (χ3n) is 1.73. The third-order valence-corrected chi connectivity index (χ3v) is 1.73. The van der Waals surface area contributed by atoms with Crippen LogP contribution in [0.1, 0.15) is 18.1 Å². The normalized spacial score (nSPS) is 11.5. The highest BCUT2D eigenvalue weighted by Gasteiger charge is 2.31. The average molecular weight is 203 g/mol. The maximum atomic E-state index is 11.9. The summed E-state index contributed by atoms with van der Waals surface area (Å²) in [5.41, 5.74) is 1.19. The van der Waals surface area contributed by atoms with Crippen LogP contribution in [0.3, 0.4) is 0 Å². The Morgan fingerprint density at radius 2 is 2.00 bits per heavy atom. The molecule has 0 atom stereocenters. The molecule has 0 saturated carbocycles. The zero-order valence-corrected chi connectivity index (χ0v) is 7.69. The maximum Gasteiger partial charge on any atom is 0.573 e. The molecule has 14 heavy (non-hydrogen) atoms. The number of aryl methyl sites for hydroxylation is 1. The molecule has 0 aliphatic carbocycles. The van der Waals surface area contributed by atoms with E-state index in [1.165, 1.54) is 12.1 Å². The van der Waals surface area contributed by atoms with Crippen LogP contribution in [0.2, 0.25) is 0 Å². The minimum atomic E-state index is -4.63. The van der Waals surface area contributed by atoms with Gasteiger partial charge in [-0.25, -0.2) is 0 Å². The summed E-state index contributed by atoms with van der Waals surface area (Å²) >= 11 is 0. The second kappa shape index (κ2) is 3.90. The van der Waals surface area contributed by atoms with Gasteiger partial charge in [-0.15, -0.1) is 13.2 Å². The SMILES string of the molecule is [CH2]c1ccc(OC(F)(F)F)c(CC)c1. The van der Waals surface area contributed by atoms with Crippen LogP contribution in [0, 0.1) is 6.92 Å². The van der Waals surface area contributed by atoms with Crippen LogP contribution >= 0.6 is 0 Å². The summed E-state index contributed by atoms with van der Waals surface area (Å²) in [7, 11) is 0. The van der Waals surface area contributed by atoms with Crippen molar-refractivity contribution in [2.45, 2.75) is 19.7 Å². The van der Waals surface area contributed by atoms with Crippen molar-refractivity contribution in [1.82, 2.24) is 0 Å². The number of rotatable bonds is 2. The molecule has 0 aliphatic heterocycles. The highest BCUT2D eigenvalue weighted by molar-refractivity contribution is 5.38. The molecule has 1 radical (unpaired) electrons. The molecule has 1 aromatic rings. The zero-order valence-electron chi connectivity index (χ0n) is 7.69. The van der Waals surface area contributed by atoms with E-state index < -0.39 is 6.36 Å². The molecule has 0 amide bonds. The van der Waals surface area contributed by atoms with E-state index in [0.29, 0.717) is 17.5 Å². The van der Waals surface area contributed by atoms with Crippen molar-refractivity contribution in [2.75, 3.05) is 0 Å². The maximum absolute atomic E-state index is 11.9. The van der Waals surface area contributed by atoms with Gasteiger partial charge in [0.2, 0.25) is 0 Å². The molecule has 0 N–H and O–H groups in total. The molecule has 4 heteroatoms. The molecule has 77 valence electrons. The topological polar surface area (TPSA) is 9.23 Å². The molecule has 0 aromatic heterocycles. The average Bonchev–Trinajstić information content (AvgIpc) is 2.06. The van der Waals surface area contributed by atoms with E-state index in [4.69, 9.17) is 0 Å². The van der Waals surface area contributed by atoms with Gasteiger partial charge in [-0.05, 0) is 30.5 Å². The quantitative estimate of drug-likeness (QED) is 0.716. The summed E-state index contributed by atoms with van der Waals surface area (Å²) in [6.07, 6.45) is -4.15. The first kappa shape index (κ1) is 10.9. The molecule has 0 fully saturated rings. The number of hydrogen-bond donors (Lipinski definition) is 0. The van der Waals surface area contributed by atoms with E-state index in [9.17, 15) is 13.2 Å². The standard InChI is InChI=1S/C10H10F3O/c1-3-8-6-7(2)4-5-9(8)14-10(11,12)13/h4-6H,2-3H2,1H3. The lowest BCUT2D eigenvalue weighted by molar-refractivity contribution is -0.274. The Morgan fingerprint density at radius 1 is 1.36 bits per heavy atom. The summed E-state index contributed by atoms with van der Waals surface area (Å²) < 4.78 is 39.6. The molecule has 0 aliphatic rings. The number of ether oxygens (including phenoxy) is 1. The molecular formula is C10H10F3O. The monoisotopic (exact) mass is 203 g/mol. The minimum absolute atomic E-state index is 0.146. The van der Waals surface area contributed by atoms with Crippen LogP contribution in [0.15, 0.2) is 18.2 Å². The summed E-state index contributed by atoms with van der Waals surface area (Å²) in [4.78, 5) is 0. The zero-order chi connectivity index (χ0) is 10.8. The molecule has 1 nitrogen and oxygen atoms in total. The second-order valence-corrected chi connectivity index (χ2v) is 2.84. The van der Waals surface area contributed by atoms with Gasteiger partial charge < -0.3 is 4.74 Å². The highest BCUT2D eigenvalue weighted by Crippen LogP contribution is 2.27. The molecule has 0 spiro atoms. The van der Waals surface area contributed by atoms with E-state index in [0.717, 1.165) is 0 Å². The predicted molar refractivity (Wildman–Crippen MR) is 47.0 cm³/mol. The first-order valence-electron chi connectivity index (χ1n) is 4.13.